The first-order valence-electron chi connectivity index (χ1n) is 7.87. The Morgan fingerprint density at radius 3 is 2.35 bits per heavy atom. The van der Waals surface area contributed by atoms with Crippen LogP contribution in [0.3, 0.4) is 0 Å². The zero-order chi connectivity index (χ0) is 19.6. The van der Waals surface area contributed by atoms with Crippen LogP contribution in [-0.4, -0.2) is 26.9 Å². The van der Waals surface area contributed by atoms with Crippen LogP contribution >= 0.6 is 0 Å². The number of aromatic nitrogens is 2. The zero-order valence-corrected chi connectivity index (χ0v) is 15.0. The van der Waals surface area contributed by atoms with Gasteiger partial charge in [-0.15, -0.1) is 0 Å². The normalized spacial score (nSPS) is 11.7. The van der Waals surface area contributed by atoms with Gasteiger partial charge in [-0.3, -0.25) is 23.5 Å². The number of rotatable bonds is 5. The van der Waals surface area contributed by atoms with E-state index in [-0.39, 0.29) is 17.3 Å². The van der Waals surface area contributed by atoms with E-state index >= 15 is 0 Å². The van der Waals surface area contributed by atoms with Gasteiger partial charge in [-0.2, -0.15) is 0 Å². The molecule has 1 amide bonds. The molecule has 1 aromatic heterocycles. The molecule has 0 aliphatic carbocycles. The first kappa shape index (κ1) is 19.0. The first-order chi connectivity index (χ1) is 12.1. The van der Waals surface area contributed by atoms with Crippen molar-refractivity contribution in [1.82, 2.24) is 9.13 Å². The van der Waals surface area contributed by atoms with Gasteiger partial charge in [0.1, 0.15) is 11.4 Å². The van der Waals surface area contributed by atoms with Crippen molar-refractivity contribution in [3.8, 4) is 0 Å². The fraction of sp³-hybridized carbons (Fsp3) is 0.294. The van der Waals surface area contributed by atoms with E-state index in [1.165, 1.54) is 21.0 Å². The lowest BCUT2D eigenvalue weighted by molar-refractivity contribution is -0.114. The summed E-state index contributed by atoms with van der Waals surface area (Å²) in [5.41, 5.74) is 5.38. The summed E-state index contributed by atoms with van der Waals surface area (Å²) >= 11 is 0. The number of amides is 1. The Labute approximate surface area is 149 Å². The summed E-state index contributed by atoms with van der Waals surface area (Å²) in [5.74, 6) is -0.930. The fourth-order valence-corrected chi connectivity index (χ4v) is 2.51. The van der Waals surface area contributed by atoms with Crippen molar-refractivity contribution in [1.29, 1.82) is 0 Å². The van der Waals surface area contributed by atoms with Crippen LogP contribution < -0.4 is 27.6 Å². The van der Waals surface area contributed by atoms with Crippen molar-refractivity contribution < 1.29 is 9.59 Å². The second kappa shape index (κ2) is 7.26. The molecule has 4 N–H and O–H groups in total. The van der Waals surface area contributed by atoms with Gasteiger partial charge in [-0.05, 0) is 25.1 Å². The molecule has 2 aromatic rings. The molecule has 26 heavy (non-hydrogen) atoms. The summed E-state index contributed by atoms with van der Waals surface area (Å²) in [5, 5.41) is 5.61. The van der Waals surface area contributed by atoms with E-state index in [1.807, 2.05) is 0 Å². The first-order valence-corrected chi connectivity index (χ1v) is 7.87. The lowest BCUT2D eigenvalue weighted by Gasteiger charge is -2.17. The molecule has 1 heterocycles. The van der Waals surface area contributed by atoms with Crippen molar-refractivity contribution in [2.45, 2.75) is 19.9 Å². The number of hydrogen-bond acceptors (Lipinski definition) is 6. The van der Waals surface area contributed by atoms with E-state index in [0.29, 0.717) is 11.4 Å². The minimum absolute atomic E-state index is 0.177. The molecule has 2 rings (SSSR count). The van der Waals surface area contributed by atoms with Crippen LogP contribution in [-0.2, 0) is 18.9 Å². The topological polar surface area (TPSA) is 128 Å². The third-order valence-electron chi connectivity index (χ3n) is 3.92. The van der Waals surface area contributed by atoms with Crippen LogP contribution in [0.25, 0.3) is 0 Å². The SMILES string of the molecule is CC(=O)Nc1cccc(N[C@@H](C)C(=O)c2c(N)n(C)c(=O)n(C)c2=O)c1. The lowest BCUT2D eigenvalue weighted by Crippen LogP contribution is -2.43. The summed E-state index contributed by atoms with van der Waals surface area (Å²) < 4.78 is 1.90. The number of nitrogens with zero attached hydrogens (tertiary/aromatic N) is 2. The molecule has 138 valence electrons. The number of nitrogen functional groups attached to an aromatic ring is 1. The van der Waals surface area contributed by atoms with Gasteiger partial charge in [-0.25, -0.2) is 4.79 Å². The highest BCUT2D eigenvalue weighted by atomic mass is 16.2. The van der Waals surface area contributed by atoms with Crippen LogP contribution in [0.4, 0.5) is 17.2 Å². The van der Waals surface area contributed by atoms with E-state index in [1.54, 1.807) is 31.2 Å². The molecule has 9 heteroatoms. The number of ketones is 1. The highest BCUT2D eigenvalue weighted by Gasteiger charge is 2.24. The predicted octanol–water partition coefficient (Wildman–Crippen LogP) is 0.308. The summed E-state index contributed by atoms with van der Waals surface area (Å²) in [4.78, 5) is 48.0. The molecule has 1 atom stereocenters. The molecule has 0 aliphatic heterocycles. The van der Waals surface area contributed by atoms with Gasteiger partial charge >= 0.3 is 5.69 Å². The quantitative estimate of drug-likeness (QED) is 0.659. The van der Waals surface area contributed by atoms with Crippen LogP contribution in [0.5, 0.6) is 0 Å². The van der Waals surface area contributed by atoms with Crippen molar-refractivity contribution in [3.63, 3.8) is 0 Å². The summed E-state index contributed by atoms with van der Waals surface area (Å²) in [6.07, 6.45) is 0. The Bertz CT molecular complexity index is 990. The molecule has 0 bridgehead atoms. The number of hydrogen-bond donors (Lipinski definition) is 3. The maximum absolute atomic E-state index is 12.7. The number of carbonyl (C=O) groups is 2. The van der Waals surface area contributed by atoms with Crippen LogP contribution in [0.15, 0.2) is 33.9 Å². The van der Waals surface area contributed by atoms with E-state index < -0.39 is 23.1 Å². The summed E-state index contributed by atoms with van der Waals surface area (Å²) in [7, 11) is 2.68. The molecule has 0 aliphatic rings. The minimum Gasteiger partial charge on any atom is -0.384 e. The highest BCUT2D eigenvalue weighted by molar-refractivity contribution is 6.04. The number of Topliss-reactive ketones (excluding diaryl/α,β-unsaturated/α-hetero) is 1. The van der Waals surface area contributed by atoms with Gasteiger partial charge in [-0.1, -0.05) is 6.07 Å². The van der Waals surface area contributed by atoms with Gasteiger partial charge in [0.25, 0.3) is 5.56 Å². The predicted molar refractivity (Wildman–Crippen MR) is 99.5 cm³/mol. The lowest BCUT2D eigenvalue weighted by atomic mass is 10.1. The molecule has 0 saturated heterocycles. The molecule has 0 fully saturated rings. The van der Waals surface area contributed by atoms with Crippen LogP contribution in [0.2, 0.25) is 0 Å². The number of nitrogens with two attached hydrogens (primary N) is 1. The zero-order valence-electron chi connectivity index (χ0n) is 15.0. The molecular formula is C17H21N5O4. The standard InChI is InChI=1S/C17H21N5O4/c1-9(19-11-6-5-7-12(8-11)20-10(2)23)14(24)13-15(18)21(3)17(26)22(4)16(13)25/h5-9,19H,18H2,1-4H3,(H,20,23)/t9-/m0/s1. The summed E-state index contributed by atoms with van der Waals surface area (Å²) in [6, 6.07) is 6.02. The Morgan fingerprint density at radius 2 is 1.73 bits per heavy atom. The Kier molecular flexibility index (Phi) is 5.30. The highest BCUT2D eigenvalue weighted by Crippen LogP contribution is 2.17. The van der Waals surface area contributed by atoms with Crippen LogP contribution in [0.1, 0.15) is 24.2 Å². The maximum atomic E-state index is 12.7. The van der Waals surface area contributed by atoms with Gasteiger partial charge in [0.15, 0.2) is 5.78 Å². The number of nitrogens with one attached hydrogen (secondary N) is 2. The second-order valence-electron chi connectivity index (χ2n) is 5.96. The minimum atomic E-state index is -0.782. The average molecular weight is 359 g/mol. The molecule has 0 spiro atoms. The van der Waals surface area contributed by atoms with Crippen molar-refractivity contribution in [3.05, 3.63) is 50.7 Å². The van der Waals surface area contributed by atoms with E-state index in [0.717, 1.165) is 9.13 Å². The van der Waals surface area contributed by atoms with Gasteiger partial charge in [0.2, 0.25) is 5.91 Å². The monoisotopic (exact) mass is 359 g/mol. The Balaban J connectivity index is 2.33. The fourth-order valence-electron chi connectivity index (χ4n) is 2.51. The maximum Gasteiger partial charge on any atom is 0.332 e. The van der Waals surface area contributed by atoms with Gasteiger partial charge < -0.3 is 16.4 Å². The average Bonchev–Trinajstić information content (AvgIpc) is 2.58. The molecular weight excluding hydrogens is 338 g/mol. The third-order valence-corrected chi connectivity index (χ3v) is 3.92. The van der Waals surface area contributed by atoms with Gasteiger partial charge in [0, 0.05) is 32.4 Å². The number of carbonyl (C=O) groups excluding carboxylic acids is 2. The van der Waals surface area contributed by atoms with E-state index in [4.69, 9.17) is 5.73 Å². The van der Waals surface area contributed by atoms with Crippen molar-refractivity contribution in [2.24, 2.45) is 14.1 Å². The van der Waals surface area contributed by atoms with E-state index in [2.05, 4.69) is 10.6 Å². The largest absolute Gasteiger partial charge is 0.384 e. The number of anilines is 3. The summed E-state index contributed by atoms with van der Waals surface area (Å²) in [6.45, 7) is 2.97. The second-order valence-corrected chi connectivity index (χ2v) is 5.96. The van der Waals surface area contributed by atoms with Crippen molar-refractivity contribution in [2.75, 3.05) is 16.4 Å². The molecule has 9 nitrogen and oxygen atoms in total. The molecule has 1 aromatic carbocycles. The van der Waals surface area contributed by atoms with E-state index in [9.17, 15) is 19.2 Å². The Morgan fingerprint density at radius 1 is 1.12 bits per heavy atom. The Hall–Kier alpha value is -3.36. The van der Waals surface area contributed by atoms with Crippen LogP contribution in [0, 0.1) is 0 Å². The molecule has 0 radical (unpaired) electrons. The smallest absolute Gasteiger partial charge is 0.332 e. The molecule has 0 saturated carbocycles. The van der Waals surface area contributed by atoms with Crippen molar-refractivity contribution >= 4 is 28.9 Å². The molecule has 0 unspecified atom stereocenters. The third kappa shape index (κ3) is 3.66. The van der Waals surface area contributed by atoms with Gasteiger partial charge in [0.05, 0.1) is 6.04 Å². The number of benzene rings is 1.